The van der Waals surface area contributed by atoms with Gasteiger partial charge in [-0.3, -0.25) is 4.79 Å². The fourth-order valence-electron chi connectivity index (χ4n) is 1.31. The molecule has 6 heteroatoms. The molecule has 0 aliphatic carbocycles. The highest BCUT2D eigenvalue weighted by atomic mass is 32.3. The summed E-state index contributed by atoms with van der Waals surface area (Å²) >= 11 is 6.30. The Labute approximate surface area is 119 Å². The highest BCUT2D eigenvalue weighted by Crippen LogP contribution is 2.39. The first-order valence-corrected chi connectivity index (χ1v) is 8.18. The van der Waals surface area contributed by atoms with E-state index in [1.807, 2.05) is 30.3 Å². The Morgan fingerprint density at radius 2 is 2.22 bits per heavy atom. The first kappa shape index (κ1) is 15.0. The lowest BCUT2D eigenvalue weighted by Crippen LogP contribution is -2.10. The Kier molecular flexibility index (Phi) is 6.80. The van der Waals surface area contributed by atoms with Gasteiger partial charge in [0.05, 0.1) is 11.0 Å². The van der Waals surface area contributed by atoms with Crippen molar-refractivity contribution in [3.05, 3.63) is 35.9 Å². The van der Waals surface area contributed by atoms with Crippen LogP contribution >= 0.6 is 34.9 Å². The predicted octanol–water partition coefficient (Wildman–Crippen LogP) is 3.16. The van der Waals surface area contributed by atoms with Crippen molar-refractivity contribution in [3.63, 3.8) is 0 Å². The van der Waals surface area contributed by atoms with Crippen LogP contribution in [0.4, 0.5) is 0 Å². The first-order valence-electron chi connectivity index (χ1n) is 5.18. The van der Waals surface area contributed by atoms with E-state index in [0.29, 0.717) is 5.75 Å². The molecule has 0 saturated heterocycles. The van der Waals surface area contributed by atoms with E-state index in [1.54, 1.807) is 0 Å². The van der Waals surface area contributed by atoms with Crippen molar-refractivity contribution in [1.82, 2.24) is 0 Å². The molecular weight excluding hydrogens is 286 g/mol. The molecule has 0 amide bonds. The van der Waals surface area contributed by atoms with Gasteiger partial charge in [0.15, 0.2) is 0 Å². The second kappa shape index (κ2) is 8.14. The van der Waals surface area contributed by atoms with E-state index in [-0.39, 0.29) is 11.0 Å². The van der Waals surface area contributed by atoms with Gasteiger partial charge in [0.25, 0.3) is 0 Å². The molecule has 0 aromatic heterocycles. The molecule has 2 atom stereocenters. The Morgan fingerprint density at radius 3 is 2.72 bits per heavy atom. The maximum absolute atomic E-state index is 10.8. The Bertz CT molecular complexity index is 444. The molecule has 0 fully saturated rings. The number of thioether (sulfide) groups is 1. The summed E-state index contributed by atoms with van der Waals surface area (Å²) in [6, 6.07) is 9.78. The SMILES string of the molecule is N#C[SH](C=S)C(CC(=O)O)SCc1ccccc1. The van der Waals surface area contributed by atoms with Gasteiger partial charge in [0, 0.05) is 10.5 Å². The lowest BCUT2D eigenvalue weighted by Gasteiger charge is -2.19. The number of aliphatic carboxylic acids is 1. The van der Waals surface area contributed by atoms with Gasteiger partial charge in [-0.2, -0.15) is 5.26 Å². The normalized spacial score (nSPS) is 14.3. The summed E-state index contributed by atoms with van der Waals surface area (Å²) in [5.41, 5.74) is 1.12. The Hall–Kier alpha value is -1.03. The molecule has 0 aliphatic rings. The van der Waals surface area contributed by atoms with Gasteiger partial charge in [-0.25, -0.2) is 0 Å². The first-order chi connectivity index (χ1) is 8.67. The Balaban J connectivity index is 2.64. The van der Waals surface area contributed by atoms with E-state index in [9.17, 15) is 4.79 Å². The molecule has 96 valence electrons. The van der Waals surface area contributed by atoms with E-state index in [0.717, 1.165) is 5.56 Å². The smallest absolute Gasteiger partial charge is 0.305 e. The van der Waals surface area contributed by atoms with Crippen molar-refractivity contribution in [1.29, 1.82) is 5.26 Å². The second-order valence-corrected chi connectivity index (χ2v) is 7.48. The Morgan fingerprint density at radius 1 is 1.56 bits per heavy atom. The summed E-state index contributed by atoms with van der Waals surface area (Å²) < 4.78 is 1.18. The second-order valence-electron chi connectivity index (χ2n) is 3.46. The highest BCUT2D eigenvalue weighted by Gasteiger charge is 2.19. The molecule has 3 nitrogen and oxygen atoms in total. The average molecular weight is 299 g/mol. The number of benzene rings is 1. The fraction of sp³-hybridized carbons (Fsp3) is 0.250. The number of hydrogen-bond acceptors (Lipinski definition) is 4. The van der Waals surface area contributed by atoms with Crippen LogP contribution in [0.1, 0.15) is 12.0 Å². The van der Waals surface area contributed by atoms with E-state index >= 15 is 0 Å². The summed E-state index contributed by atoms with van der Waals surface area (Å²) in [6.07, 6.45) is -0.0239. The van der Waals surface area contributed by atoms with Crippen LogP contribution in [0, 0.1) is 10.7 Å². The van der Waals surface area contributed by atoms with Crippen molar-refractivity contribution in [3.8, 4) is 5.40 Å². The zero-order valence-corrected chi connectivity index (χ0v) is 12.0. The molecular formula is C12H13NO2S3. The lowest BCUT2D eigenvalue weighted by atomic mass is 10.2. The van der Waals surface area contributed by atoms with Crippen LogP contribution in [-0.2, 0) is 10.5 Å². The van der Waals surface area contributed by atoms with E-state index in [4.69, 9.17) is 22.6 Å². The number of thiocyanates is 1. The number of thiol groups is 1. The molecule has 1 N–H and O–H groups in total. The minimum absolute atomic E-state index is 0.0239. The van der Waals surface area contributed by atoms with Crippen LogP contribution in [0.2, 0.25) is 0 Å². The molecule has 0 saturated carbocycles. The minimum Gasteiger partial charge on any atom is -0.481 e. The molecule has 1 aromatic carbocycles. The zero-order chi connectivity index (χ0) is 13.4. The summed E-state index contributed by atoms with van der Waals surface area (Å²) in [5, 5.41) is 20.0. The largest absolute Gasteiger partial charge is 0.481 e. The monoisotopic (exact) mass is 299 g/mol. The van der Waals surface area contributed by atoms with Crippen LogP contribution in [-0.4, -0.2) is 20.4 Å². The summed E-state index contributed by atoms with van der Waals surface area (Å²) in [5.74, 6) is -0.192. The number of rotatable bonds is 7. The third-order valence-corrected chi connectivity index (χ3v) is 6.30. The van der Waals surface area contributed by atoms with Gasteiger partial charge in [-0.1, -0.05) is 42.5 Å². The lowest BCUT2D eigenvalue weighted by molar-refractivity contribution is -0.136. The number of hydrogen-bond donors (Lipinski definition) is 2. The number of carboxylic acids is 1. The zero-order valence-electron chi connectivity index (χ0n) is 9.52. The van der Waals surface area contributed by atoms with Crippen LogP contribution in [0.3, 0.4) is 0 Å². The van der Waals surface area contributed by atoms with E-state index < -0.39 is 16.9 Å². The van der Waals surface area contributed by atoms with Crippen molar-refractivity contribution in [2.75, 3.05) is 0 Å². The average Bonchev–Trinajstić information content (AvgIpc) is 2.38. The number of carboxylic acid groups (broad SMARTS) is 1. The van der Waals surface area contributed by atoms with Crippen LogP contribution in [0.25, 0.3) is 0 Å². The molecule has 0 spiro atoms. The summed E-state index contributed by atoms with van der Waals surface area (Å²) in [7, 11) is -1.17. The van der Waals surface area contributed by atoms with Gasteiger partial charge in [-0.15, -0.1) is 22.7 Å². The molecule has 0 heterocycles. The van der Waals surface area contributed by atoms with E-state index in [2.05, 4.69) is 5.40 Å². The molecule has 2 unspecified atom stereocenters. The highest BCUT2D eigenvalue weighted by molar-refractivity contribution is 8.42. The molecule has 0 bridgehead atoms. The maximum atomic E-state index is 10.8. The minimum atomic E-state index is -1.17. The van der Waals surface area contributed by atoms with Gasteiger partial charge in [0.2, 0.25) is 0 Å². The number of nitriles is 1. The number of nitrogens with zero attached hydrogens (tertiary/aromatic N) is 1. The third kappa shape index (κ3) is 5.08. The van der Waals surface area contributed by atoms with Gasteiger partial charge < -0.3 is 5.11 Å². The van der Waals surface area contributed by atoms with Crippen LogP contribution < -0.4 is 0 Å². The van der Waals surface area contributed by atoms with Crippen molar-refractivity contribution < 1.29 is 9.90 Å². The quantitative estimate of drug-likeness (QED) is 0.460. The van der Waals surface area contributed by atoms with E-state index in [1.165, 1.54) is 16.5 Å². The summed E-state index contributed by atoms with van der Waals surface area (Å²) in [4.78, 5) is 10.8. The molecule has 1 rings (SSSR count). The number of thiocarbonyl (C=S) groups is 1. The number of carbonyl (C=O) groups is 1. The third-order valence-electron chi connectivity index (χ3n) is 2.17. The maximum Gasteiger partial charge on any atom is 0.305 e. The van der Waals surface area contributed by atoms with Crippen molar-refractivity contribution >= 4 is 45.5 Å². The van der Waals surface area contributed by atoms with Crippen molar-refractivity contribution in [2.24, 2.45) is 0 Å². The van der Waals surface area contributed by atoms with Gasteiger partial charge in [0.1, 0.15) is 5.40 Å². The fourth-order valence-corrected chi connectivity index (χ4v) is 4.82. The molecule has 1 aromatic rings. The molecule has 18 heavy (non-hydrogen) atoms. The predicted molar refractivity (Wildman–Crippen MR) is 82.0 cm³/mol. The van der Waals surface area contributed by atoms with Gasteiger partial charge in [-0.05, 0) is 5.56 Å². The summed E-state index contributed by atoms with van der Waals surface area (Å²) in [6.45, 7) is 0. The van der Waals surface area contributed by atoms with Crippen LogP contribution in [0.5, 0.6) is 0 Å². The topological polar surface area (TPSA) is 61.1 Å². The molecule has 0 radical (unpaired) electrons. The van der Waals surface area contributed by atoms with Crippen LogP contribution in [0.15, 0.2) is 30.3 Å². The van der Waals surface area contributed by atoms with Gasteiger partial charge >= 0.3 is 5.97 Å². The van der Waals surface area contributed by atoms with Crippen molar-refractivity contribution in [2.45, 2.75) is 16.8 Å². The standard InChI is InChI=1S/C12H13NO2S3/c13-8-18(9-16)12(6-11(14)15)17-7-10-4-2-1-3-5-10/h1-5,9,12,18H,6-7H2,(H,14,15). The molecule has 0 aliphatic heterocycles.